The number of aromatic nitrogens is 1. The van der Waals surface area contributed by atoms with Crippen LogP contribution in [0.3, 0.4) is 0 Å². The highest BCUT2D eigenvalue weighted by Gasteiger charge is 2.09. The molecule has 0 aromatic carbocycles. The summed E-state index contributed by atoms with van der Waals surface area (Å²) in [5.41, 5.74) is 1.61. The van der Waals surface area contributed by atoms with Gasteiger partial charge in [0.05, 0.1) is 17.4 Å². The van der Waals surface area contributed by atoms with Crippen LogP contribution >= 0.6 is 0 Å². The second-order valence-corrected chi connectivity index (χ2v) is 3.90. The number of nitrogens with zero attached hydrogens (tertiary/aromatic N) is 3. The van der Waals surface area contributed by atoms with Crippen LogP contribution in [0.1, 0.15) is 25.8 Å². The molecule has 0 spiro atoms. The van der Waals surface area contributed by atoms with E-state index >= 15 is 0 Å². The lowest BCUT2D eigenvalue weighted by atomic mass is 10.1. The summed E-state index contributed by atoms with van der Waals surface area (Å²) in [6, 6.07) is 3.94. The van der Waals surface area contributed by atoms with E-state index in [2.05, 4.69) is 29.8 Å². The molecule has 1 heterocycles. The van der Waals surface area contributed by atoms with Gasteiger partial charge in [-0.2, -0.15) is 5.26 Å². The summed E-state index contributed by atoms with van der Waals surface area (Å²) in [5.74, 6) is 0.627. The Balaban J connectivity index is 2.82. The minimum Gasteiger partial charge on any atom is -0.372 e. The number of anilines is 1. The van der Waals surface area contributed by atoms with Crippen LogP contribution in [0.4, 0.5) is 5.69 Å². The van der Waals surface area contributed by atoms with Gasteiger partial charge in [0, 0.05) is 19.8 Å². The summed E-state index contributed by atoms with van der Waals surface area (Å²) in [6.45, 7) is 5.34. The molecule has 0 bridgehead atoms. The maximum Gasteiger partial charge on any atom is 0.101 e. The monoisotopic (exact) mass is 203 g/mol. The van der Waals surface area contributed by atoms with Crippen molar-refractivity contribution < 1.29 is 0 Å². The Morgan fingerprint density at radius 2 is 2.33 bits per heavy atom. The summed E-state index contributed by atoms with van der Waals surface area (Å²) in [6.07, 6.45) is 4.55. The standard InChI is InChI=1S/C12H17N3/c1-4-10(2)9-15(3)12-8-14-6-5-11(12)7-13/h5-6,8,10H,4,9H2,1-3H3. The minimum atomic E-state index is 0.627. The van der Waals surface area contributed by atoms with E-state index in [1.165, 1.54) is 0 Å². The van der Waals surface area contributed by atoms with Gasteiger partial charge in [-0.15, -0.1) is 0 Å². The van der Waals surface area contributed by atoms with Gasteiger partial charge in [0.1, 0.15) is 6.07 Å². The lowest BCUT2D eigenvalue weighted by molar-refractivity contribution is 0.559. The van der Waals surface area contributed by atoms with E-state index < -0.39 is 0 Å². The number of nitriles is 1. The molecule has 80 valence electrons. The third-order valence-electron chi connectivity index (χ3n) is 2.61. The lowest BCUT2D eigenvalue weighted by Crippen LogP contribution is -2.24. The summed E-state index contributed by atoms with van der Waals surface area (Å²) >= 11 is 0. The van der Waals surface area contributed by atoms with Crippen molar-refractivity contribution in [3.8, 4) is 6.07 Å². The Hall–Kier alpha value is -1.56. The van der Waals surface area contributed by atoms with Gasteiger partial charge in [-0.1, -0.05) is 20.3 Å². The Bertz CT molecular complexity index is 354. The predicted octanol–water partition coefficient (Wildman–Crippen LogP) is 2.44. The van der Waals surface area contributed by atoms with Gasteiger partial charge in [-0.25, -0.2) is 0 Å². The number of pyridine rings is 1. The first-order valence-corrected chi connectivity index (χ1v) is 5.24. The molecule has 0 amide bonds. The fraction of sp³-hybridized carbons (Fsp3) is 0.500. The van der Waals surface area contributed by atoms with Crippen molar-refractivity contribution in [2.24, 2.45) is 5.92 Å². The fourth-order valence-electron chi connectivity index (χ4n) is 1.48. The van der Waals surface area contributed by atoms with Crippen LogP contribution in [-0.2, 0) is 0 Å². The zero-order valence-corrected chi connectivity index (χ0v) is 9.57. The molecule has 0 saturated heterocycles. The second-order valence-electron chi connectivity index (χ2n) is 3.90. The van der Waals surface area contributed by atoms with Crippen LogP contribution < -0.4 is 4.90 Å². The highest BCUT2D eigenvalue weighted by atomic mass is 15.1. The smallest absolute Gasteiger partial charge is 0.101 e. The molecule has 0 aliphatic carbocycles. The van der Waals surface area contributed by atoms with Crippen LogP contribution in [0.2, 0.25) is 0 Å². The largest absolute Gasteiger partial charge is 0.372 e. The first-order valence-electron chi connectivity index (χ1n) is 5.24. The third kappa shape index (κ3) is 2.95. The molecular weight excluding hydrogens is 186 g/mol. The molecule has 0 radical (unpaired) electrons. The first kappa shape index (κ1) is 11.5. The van der Waals surface area contributed by atoms with Crippen molar-refractivity contribution >= 4 is 5.69 Å². The highest BCUT2D eigenvalue weighted by molar-refractivity contribution is 5.56. The Morgan fingerprint density at radius 3 is 2.93 bits per heavy atom. The normalized spacial score (nSPS) is 11.9. The molecule has 0 aliphatic rings. The van der Waals surface area contributed by atoms with Crippen molar-refractivity contribution in [2.75, 3.05) is 18.5 Å². The first-order chi connectivity index (χ1) is 7.19. The zero-order valence-electron chi connectivity index (χ0n) is 9.57. The fourth-order valence-corrected chi connectivity index (χ4v) is 1.48. The van der Waals surface area contributed by atoms with Crippen LogP contribution in [0.15, 0.2) is 18.5 Å². The number of hydrogen-bond acceptors (Lipinski definition) is 3. The van der Waals surface area contributed by atoms with Crippen LogP contribution in [0, 0.1) is 17.2 Å². The maximum absolute atomic E-state index is 8.95. The van der Waals surface area contributed by atoms with E-state index in [0.29, 0.717) is 11.5 Å². The van der Waals surface area contributed by atoms with E-state index in [0.717, 1.165) is 18.7 Å². The van der Waals surface area contributed by atoms with E-state index in [1.54, 1.807) is 18.5 Å². The molecule has 0 N–H and O–H groups in total. The molecule has 1 atom stereocenters. The third-order valence-corrected chi connectivity index (χ3v) is 2.61. The van der Waals surface area contributed by atoms with Gasteiger partial charge in [0.15, 0.2) is 0 Å². The highest BCUT2D eigenvalue weighted by Crippen LogP contribution is 2.18. The Morgan fingerprint density at radius 1 is 1.60 bits per heavy atom. The molecule has 15 heavy (non-hydrogen) atoms. The van der Waals surface area contributed by atoms with Gasteiger partial charge in [-0.05, 0) is 12.0 Å². The minimum absolute atomic E-state index is 0.627. The average molecular weight is 203 g/mol. The van der Waals surface area contributed by atoms with Crippen LogP contribution in [-0.4, -0.2) is 18.6 Å². The molecule has 3 heteroatoms. The van der Waals surface area contributed by atoms with E-state index in [9.17, 15) is 0 Å². The molecule has 0 saturated carbocycles. The predicted molar refractivity (Wildman–Crippen MR) is 61.7 cm³/mol. The lowest BCUT2D eigenvalue weighted by Gasteiger charge is -2.23. The van der Waals surface area contributed by atoms with E-state index in [-0.39, 0.29) is 0 Å². The number of hydrogen-bond donors (Lipinski definition) is 0. The molecular formula is C12H17N3. The van der Waals surface area contributed by atoms with Gasteiger partial charge in [0.2, 0.25) is 0 Å². The average Bonchev–Trinajstić information content (AvgIpc) is 2.28. The number of rotatable bonds is 4. The van der Waals surface area contributed by atoms with Gasteiger partial charge in [-0.3, -0.25) is 4.98 Å². The van der Waals surface area contributed by atoms with Crippen molar-refractivity contribution in [3.63, 3.8) is 0 Å². The topological polar surface area (TPSA) is 39.9 Å². The van der Waals surface area contributed by atoms with Crippen molar-refractivity contribution in [1.29, 1.82) is 5.26 Å². The van der Waals surface area contributed by atoms with Gasteiger partial charge < -0.3 is 4.90 Å². The van der Waals surface area contributed by atoms with Crippen molar-refractivity contribution in [2.45, 2.75) is 20.3 Å². The van der Waals surface area contributed by atoms with Crippen LogP contribution in [0.5, 0.6) is 0 Å². The molecule has 1 aromatic rings. The summed E-state index contributed by atoms with van der Waals surface area (Å²) < 4.78 is 0. The summed E-state index contributed by atoms with van der Waals surface area (Å²) in [4.78, 5) is 6.15. The Labute approximate surface area is 91.4 Å². The Kier molecular flexibility index (Phi) is 4.11. The maximum atomic E-state index is 8.95. The van der Waals surface area contributed by atoms with E-state index in [4.69, 9.17) is 5.26 Å². The van der Waals surface area contributed by atoms with E-state index in [1.807, 2.05) is 7.05 Å². The van der Waals surface area contributed by atoms with Crippen molar-refractivity contribution in [1.82, 2.24) is 4.98 Å². The van der Waals surface area contributed by atoms with Crippen molar-refractivity contribution in [3.05, 3.63) is 24.0 Å². The molecule has 0 fully saturated rings. The summed E-state index contributed by atoms with van der Waals surface area (Å²) in [5, 5.41) is 8.95. The molecule has 3 nitrogen and oxygen atoms in total. The summed E-state index contributed by atoms with van der Waals surface area (Å²) in [7, 11) is 2.00. The second kappa shape index (κ2) is 5.35. The SMILES string of the molecule is CCC(C)CN(C)c1cnccc1C#N. The van der Waals surface area contributed by atoms with Gasteiger partial charge >= 0.3 is 0 Å². The quantitative estimate of drug-likeness (QED) is 0.754. The molecule has 1 unspecified atom stereocenters. The zero-order chi connectivity index (χ0) is 11.3. The van der Waals surface area contributed by atoms with Crippen LogP contribution in [0.25, 0.3) is 0 Å². The molecule has 1 aromatic heterocycles. The molecule has 1 rings (SSSR count). The molecule has 0 aliphatic heterocycles. The van der Waals surface area contributed by atoms with Gasteiger partial charge in [0.25, 0.3) is 0 Å².